The van der Waals surface area contributed by atoms with E-state index >= 15 is 0 Å². The first kappa shape index (κ1) is 36.8. The van der Waals surface area contributed by atoms with Crippen LogP contribution in [-0.4, -0.2) is 19.6 Å². The molecule has 0 aromatic rings. The van der Waals surface area contributed by atoms with Gasteiger partial charge in [0.15, 0.2) is 0 Å². The Balaban J connectivity index is -0.00000000551. The number of nitrogens with two attached hydrogens (primary N) is 1. The third kappa shape index (κ3) is 1120. The van der Waals surface area contributed by atoms with Crippen LogP contribution in [0.4, 0.5) is 0 Å². The van der Waals surface area contributed by atoms with Crippen molar-refractivity contribution >= 4 is 0 Å². The van der Waals surface area contributed by atoms with Crippen LogP contribution in [0.15, 0.2) is 0 Å². The number of hydrogen-bond acceptors (Lipinski definition) is 3. The summed E-state index contributed by atoms with van der Waals surface area (Å²) in [5.74, 6) is 0. The Morgan fingerprint density at radius 3 is 1.20 bits per heavy atom. The van der Waals surface area contributed by atoms with E-state index in [1.54, 1.807) is 0 Å². The second-order valence-corrected chi connectivity index (χ2v) is 1.37. The predicted octanol–water partition coefficient (Wildman–Crippen LogP) is 3.45. The summed E-state index contributed by atoms with van der Waals surface area (Å²) in [5.41, 5.74) is 4.85. The Hall–Kier alpha value is -0.780. The largest absolute Gasteiger partial charge is 0 e. The summed E-state index contributed by atoms with van der Waals surface area (Å²) >= 11 is 0. The first-order chi connectivity index (χ1) is 6.83. The summed E-state index contributed by atoms with van der Waals surface area (Å²) in [6, 6.07) is 0. The molecule has 102 valence electrons. The maximum Gasteiger partial charge on any atom is 0 e. The van der Waals surface area contributed by atoms with E-state index in [9.17, 15) is 0 Å². The Bertz CT molecular complexity index is 76.0. The predicted molar refractivity (Wildman–Crippen MR) is 84.0 cm³/mol. The van der Waals surface area contributed by atoms with E-state index in [0.29, 0.717) is 0 Å². The Labute approximate surface area is 105 Å². The third-order valence-corrected chi connectivity index (χ3v) is 0.500. The van der Waals surface area contributed by atoms with Gasteiger partial charge in [-0.1, -0.05) is 34.6 Å². The topological polar surface area (TPSA) is 73.0 Å². The van der Waals surface area contributed by atoms with Crippen molar-refractivity contribution < 1.29 is 7.13 Å². The fraction of sp³-hybridized carbons (Fsp3) is 0.667. The van der Waals surface area contributed by atoms with Gasteiger partial charge in [0, 0.05) is 7.13 Å². The Kier molecular flexibility index (Phi) is 467. The molecule has 3 nitrogen and oxygen atoms in total. The van der Waals surface area contributed by atoms with Gasteiger partial charge in [-0.15, -0.1) is 12.8 Å². The summed E-state index contributed by atoms with van der Waals surface area (Å²) in [6.07, 6.45) is 17.0. The van der Waals surface area contributed by atoms with Gasteiger partial charge in [0.1, 0.15) is 0 Å². The molecule has 0 aliphatic rings. The zero-order chi connectivity index (χ0) is 12.8. The molecule has 0 atom stereocenters. The van der Waals surface area contributed by atoms with Crippen LogP contribution in [0.5, 0.6) is 0 Å². The van der Waals surface area contributed by atoms with Crippen molar-refractivity contribution in [2.24, 2.45) is 5.73 Å². The van der Waals surface area contributed by atoms with Crippen molar-refractivity contribution in [2.75, 3.05) is 19.6 Å². The van der Waals surface area contributed by atoms with Crippen molar-refractivity contribution in [1.82, 2.24) is 11.5 Å². The molecule has 0 amide bonds. The summed E-state index contributed by atoms with van der Waals surface area (Å²) < 4.78 is 0. The second-order valence-electron chi connectivity index (χ2n) is 1.37. The van der Waals surface area contributed by atoms with E-state index in [0.717, 1.165) is 19.6 Å². The van der Waals surface area contributed by atoms with E-state index in [-0.39, 0.29) is 13.3 Å². The van der Waals surface area contributed by atoms with Gasteiger partial charge in [-0.05, 0) is 19.6 Å². The molecule has 6 N–H and O–H groups in total. The molecular formula is C12H40N3+. The summed E-state index contributed by atoms with van der Waals surface area (Å²) in [7, 11) is 0. The van der Waals surface area contributed by atoms with Crippen LogP contribution in [0, 0.1) is 25.7 Å². The maximum atomic E-state index is 5.25. The maximum absolute atomic E-state index is 5.25. The van der Waals surface area contributed by atoms with Gasteiger partial charge < -0.3 is 17.2 Å². The average molecular weight is 226 g/mol. The van der Waals surface area contributed by atoms with Gasteiger partial charge in [0.25, 0.3) is 0 Å². The molecule has 0 aliphatic carbocycles. The SMILES string of the molecule is C#C.CC.CCN.CCNCC.N.[C+]#C.[HH].[HH].[HH].[HH].[HH]. The van der Waals surface area contributed by atoms with E-state index in [1.807, 2.05) is 20.8 Å². The second kappa shape index (κ2) is 190. The fourth-order valence-electron chi connectivity index (χ4n) is 0.250. The molecule has 0 aromatic carbocycles. The minimum absolute atomic E-state index is 0. The summed E-state index contributed by atoms with van der Waals surface area (Å²) in [4.78, 5) is 0. The van der Waals surface area contributed by atoms with Crippen LogP contribution in [0.2, 0.25) is 0 Å². The molecule has 15 heavy (non-hydrogen) atoms. The van der Waals surface area contributed by atoms with Crippen LogP contribution in [0.25, 0.3) is 0 Å². The molecular weight excluding hydrogens is 186 g/mol. The summed E-state index contributed by atoms with van der Waals surface area (Å²) in [5, 5.41) is 3.11. The molecule has 0 spiro atoms. The number of rotatable bonds is 2. The van der Waals surface area contributed by atoms with Crippen molar-refractivity contribution in [3.63, 3.8) is 0 Å². The molecule has 0 fully saturated rings. The fourth-order valence-corrected chi connectivity index (χ4v) is 0.250. The summed E-state index contributed by atoms with van der Waals surface area (Å²) in [6.45, 7) is 13.0. The van der Waals surface area contributed by atoms with Crippen molar-refractivity contribution in [3.05, 3.63) is 6.42 Å². The van der Waals surface area contributed by atoms with Crippen LogP contribution in [0.3, 0.4) is 0 Å². The Morgan fingerprint density at radius 2 is 1.20 bits per heavy atom. The van der Waals surface area contributed by atoms with Crippen molar-refractivity contribution in [2.45, 2.75) is 34.6 Å². The third-order valence-electron chi connectivity index (χ3n) is 0.500. The minimum atomic E-state index is 0. The quantitative estimate of drug-likeness (QED) is 0.499. The van der Waals surface area contributed by atoms with Crippen LogP contribution in [-0.2, 0) is 0 Å². The van der Waals surface area contributed by atoms with E-state index in [1.165, 1.54) is 0 Å². The van der Waals surface area contributed by atoms with Crippen LogP contribution < -0.4 is 17.2 Å². The molecule has 0 bridgehead atoms. The van der Waals surface area contributed by atoms with Gasteiger partial charge in [0.2, 0.25) is 0 Å². The molecule has 0 saturated heterocycles. The molecule has 0 rings (SSSR count). The number of hydrogen-bond donors (Lipinski definition) is 3. The van der Waals surface area contributed by atoms with Crippen molar-refractivity contribution in [1.29, 1.82) is 0 Å². The van der Waals surface area contributed by atoms with Crippen molar-refractivity contribution in [3.8, 4) is 19.3 Å². The molecule has 0 unspecified atom stereocenters. The first-order valence-corrected chi connectivity index (χ1v) is 4.86. The molecule has 0 saturated carbocycles. The van der Waals surface area contributed by atoms with Gasteiger partial charge in [-0.25, -0.2) is 0 Å². The molecule has 0 aromatic heterocycles. The van der Waals surface area contributed by atoms with E-state index in [2.05, 4.69) is 38.4 Å². The van der Waals surface area contributed by atoms with E-state index < -0.39 is 0 Å². The monoisotopic (exact) mass is 226 g/mol. The zero-order valence-electron chi connectivity index (χ0n) is 11.1. The zero-order valence-corrected chi connectivity index (χ0v) is 11.1. The van der Waals surface area contributed by atoms with Gasteiger partial charge in [-0.2, -0.15) is 0 Å². The van der Waals surface area contributed by atoms with Gasteiger partial charge in [0.05, 0.1) is 0 Å². The molecule has 0 aliphatic heterocycles. The average Bonchev–Trinajstić information content (AvgIpc) is 2.29. The van der Waals surface area contributed by atoms with Gasteiger partial charge >= 0.3 is 12.8 Å². The normalized spacial score (nSPS) is 4.87. The molecule has 3 heteroatoms. The molecule has 0 heterocycles. The number of terminal acetylenes is 2. The van der Waals surface area contributed by atoms with Crippen LogP contribution >= 0.6 is 0 Å². The standard InChI is InChI=1S/C4H11N.C2H7N.C2H6.C2H2.C2H.H3N.5H2/c1-3-5-4-2;1-2-3;3*1-2;;;;;;/h5H,3-4H2,1-2H3;2-3H2,1H3;1-2H3;1-2H;1H;1H3;5*1H/q;;;;+1;;;;;;. The molecule has 0 radical (unpaired) electrons. The first-order valence-electron chi connectivity index (χ1n) is 4.86. The minimum Gasteiger partial charge on any atom is 0 e. The van der Waals surface area contributed by atoms with Crippen LogP contribution in [0.1, 0.15) is 41.8 Å². The Morgan fingerprint density at radius 1 is 1.07 bits per heavy atom. The van der Waals surface area contributed by atoms with E-state index in [4.69, 9.17) is 12.2 Å². The number of nitrogens with one attached hydrogen (secondary N) is 1. The van der Waals surface area contributed by atoms with Gasteiger partial charge in [-0.3, -0.25) is 0 Å². The smallest absolute Gasteiger partial charge is 0 e.